The Labute approximate surface area is 161 Å². The van der Waals surface area contributed by atoms with Crippen LogP contribution in [0.25, 0.3) is 0 Å². The van der Waals surface area contributed by atoms with Gasteiger partial charge in [0.15, 0.2) is 0 Å². The summed E-state index contributed by atoms with van der Waals surface area (Å²) in [6.45, 7) is 6.07. The molecule has 3 aliphatic rings. The summed E-state index contributed by atoms with van der Waals surface area (Å²) in [4.78, 5) is 25.5. The molecule has 2 saturated carbocycles. The number of fused-ring (bicyclic) bond motifs is 5. The summed E-state index contributed by atoms with van der Waals surface area (Å²) >= 11 is 0. The van der Waals surface area contributed by atoms with Crippen LogP contribution in [0.4, 0.5) is 0 Å². The van der Waals surface area contributed by atoms with Crippen LogP contribution in [0.15, 0.2) is 18.2 Å². The van der Waals surface area contributed by atoms with Crippen molar-refractivity contribution in [2.75, 3.05) is 0 Å². The van der Waals surface area contributed by atoms with Crippen LogP contribution < -0.4 is 5.32 Å². The largest absolute Gasteiger partial charge is 0.508 e. The third-order valence-electron chi connectivity index (χ3n) is 7.45. The van der Waals surface area contributed by atoms with Crippen molar-refractivity contribution in [3.63, 3.8) is 0 Å². The van der Waals surface area contributed by atoms with Crippen LogP contribution in [-0.2, 0) is 16.0 Å². The fourth-order valence-corrected chi connectivity index (χ4v) is 6.29. The average molecular weight is 370 g/mol. The fraction of sp³-hybridized carbons (Fsp3) is 0.652. The second-order valence-electron chi connectivity index (χ2n) is 9.48. The Hall–Kier alpha value is -1.84. The van der Waals surface area contributed by atoms with Gasteiger partial charge in [0.05, 0.1) is 0 Å². The maximum atomic E-state index is 13.2. The number of nitrogens with one attached hydrogen (secondary N) is 1. The molecular weight excluding hydrogens is 338 g/mol. The Morgan fingerprint density at radius 1 is 1.33 bits per heavy atom. The first-order valence-electron chi connectivity index (χ1n) is 10.4. The molecule has 3 aliphatic carbocycles. The van der Waals surface area contributed by atoms with E-state index in [-0.39, 0.29) is 23.3 Å². The Morgan fingerprint density at radius 2 is 2.11 bits per heavy atom. The van der Waals surface area contributed by atoms with Crippen LogP contribution in [0.1, 0.15) is 69.9 Å². The number of phenolic OH excluding ortho intramolecular Hbond substituents is 1. The SMILES string of the molecule is CC(C)NC(=O)CC1C[C@H]2[C@@H]3CCc4cc(O)ccc4[C@H]3CC[C@]2(C)C1=O. The van der Waals surface area contributed by atoms with Crippen molar-refractivity contribution in [3.05, 3.63) is 29.3 Å². The van der Waals surface area contributed by atoms with Gasteiger partial charge in [-0.25, -0.2) is 0 Å². The van der Waals surface area contributed by atoms with E-state index in [1.165, 1.54) is 11.1 Å². The molecule has 0 heterocycles. The number of carbonyl (C=O) groups is 2. The number of aromatic hydroxyl groups is 1. The fourth-order valence-electron chi connectivity index (χ4n) is 6.29. The molecule has 4 heteroatoms. The van der Waals surface area contributed by atoms with Gasteiger partial charge in [-0.1, -0.05) is 13.0 Å². The molecule has 2 N–H and O–H groups in total. The highest BCUT2D eigenvalue weighted by Crippen LogP contribution is 2.61. The normalized spacial score (nSPS) is 34.7. The van der Waals surface area contributed by atoms with Crippen molar-refractivity contribution in [3.8, 4) is 5.75 Å². The van der Waals surface area contributed by atoms with Crippen LogP contribution in [0.2, 0.25) is 0 Å². The molecule has 0 bridgehead atoms. The summed E-state index contributed by atoms with van der Waals surface area (Å²) in [7, 11) is 0. The van der Waals surface area contributed by atoms with E-state index in [9.17, 15) is 14.7 Å². The Kier molecular flexibility index (Phi) is 4.56. The second kappa shape index (κ2) is 6.65. The number of ketones is 1. The number of benzene rings is 1. The monoisotopic (exact) mass is 369 g/mol. The lowest BCUT2D eigenvalue weighted by molar-refractivity contribution is -0.134. The molecule has 1 unspecified atom stereocenters. The molecule has 1 amide bonds. The standard InChI is InChI=1S/C23H31NO3/c1-13(2)24-21(26)12-15-11-20-19-6-4-14-10-16(25)5-7-17(14)18(19)8-9-23(20,3)22(15)27/h5,7,10,13,15,18-20,25H,4,6,8-9,11-12H2,1-3H3,(H,24,26)/t15?,18-,19-,20+,23+/m1/s1. The van der Waals surface area contributed by atoms with E-state index in [4.69, 9.17) is 0 Å². The molecule has 4 nitrogen and oxygen atoms in total. The van der Waals surface area contributed by atoms with E-state index in [1.54, 1.807) is 6.07 Å². The zero-order valence-electron chi connectivity index (χ0n) is 16.6. The number of hydrogen-bond donors (Lipinski definition) is 2. The van der Waals surface area contributed by atoms with E-state index in [0.29, 0.717) is 35.7 Å². The smallest absolute Gasteiger partial charge is 0.220 e. The van der Waals surface area contributed by atoms with Gasteiger partial charge < -0.3 is 10.4 Å². The molecule has 4 rings (SSSR count). The average Bonchev–Trinajstić information content (AvgIpc) is 2.85. The molecule has 146 valence electrons. The molecule has 0 saturated heterocycles. The van der Waals surface area contributed by atoms with E-state index in [2.05, 4.69) is 18.3 Å². The predicted molar refractivity (Wildman–Crippen MR) is 104 cm³/mol. The molecule has 1 aromatic rings. The van der Waals surface area contributed by atoms with Crippen molar-refractivity contribution in [2.45, 2.75) is 71.3 Å². The van der Waals surface area contributed by atoms with Gasteiger partial charge in [0, 0.05) is 23.8 Å². The zero-order chi connectivity index (χ0) is 19.3. The van der Waals surface area contributed by atoms with Gasteiger partial charge in [0.2, 0.25) is 5.91 Å². The maximum Gasteiger partial charge on any atom is 0.220 e. The lowest BCUT2D eigenvalue weighted by Gasteiger charge is -2.48. The molecule has 0 radical (unpaired) electrons. The summed E-state index contributed by atoms with van der Waals surface area (Å²) in [5.41, 5.74) is 2.38. The minimum Gasteiger partial charge on any atom is -0.508 e. The first-order valence-corrected chi connectivity index (χ1v) is 10.4. The van der Waals surface area contributed by atoms with Crippen molar-refractivity contribution in [1.82, 2.24) is 5.32 Å². The quantitative estimate of drug-likeness (QED) is 0.847. The summed E-state index contributed by atoms with van der Waals surface area (Å²) in [6.07, 6.45) is 5.20. The van der Waals surface area contributed by atoms with Gasteiger partial charge >= 0.3 is 0 Å². The maximum absolute atomic E-state index is 13.2. The van der Waals surface area contributed by atoms with Crippen LogP contribution in [0.5, 0.6) is 5.75 Å². The van der Waals surface area contributed by atoms with Crippen molar-refractivity contribution < 1.29 is 14.7 Å². The highest BCUT2D eigenvalue weighted by Gasteiger charge is 2.58. The van der Waals surface area contributed by atoms with Crippen molar-refractivity contribution in [2.24, 2.45) is 23.2 Å². The molecular formula is C23H31NO3. The molecule has 0 aliphatic heterocycles. The number of Topliss-reactive ketones (excluding diaryl/α,β-unsaturated/α-hetero) is 1. The highest BCUT2D eigenvalue weighted by molar-refractivity contribution is 5.93. The van der Waals surface area contributed by atoms with Gasteiger partial charge in [-0.05, 0) is 87.0 Å². The van der Waals surface area contributed by atoms with Crippen molar-refractivity contribution in [1.29, 1.82) is 0 Å². The lowest BCUT2D eigenvalue weighted by atomic mass is 9.55. The first-order chi connectivity index (χ1) is 12.8. The van der Waals surface area contributed by atoms with Gasteiger partial charge in [-0.2, -0.15) is 0 Å². The van der Waals surface area contributed by atoms with Gasteiger partial charge in [0.1, 0.15) is 11.5 Å². The Morgan fingerprint density at radius 3 is 2.85 bits per heavy atom. The topological polar surface area (TPSA) is 66.4 Å². The second-order valence-corrected chi connectivity index (χ2v) is 9.48. The zero-order valence-corrected chi connectivity index (χ0v) is 16.6. The minimum atomic E-state index is -0.266. The molecule has 0 aromatic heterocycles. The van der Waals surface area contributed by atoms with E-state index in [0.717, 1.165) is 32.1 Å². The number of amides is 1. The number of carbonyl (C=O) groups excluding carboxylic acids is 2. The van der Waals surface area contributed by atoms with Crippen LogP contribution in [0.3, 0.4) is 0 Å². The third kappa shape index (κ3) is 3.07. The van der Waals surface area contributed by atoms with Crippen molar-refractivity contribution >= 4 is 11.7 Å². The van der Waals surface area contributed by atoms with Crippen LogP contribution in [-0.4, -0.2) is 22.8 Å². The highest BCUT2D eigenvalue weighted by atomic mass is 16.3. The van der Waals surface area contributed by atoms with Crippen LogP contribution >= 0.6 is 0 Å². The summed E-state index contributed by atoms with van der Waals surface area (Å²) in [6, 6.07) is 5.92. The summed E-state index contributed by atoms with van der Waals surface area (Å²) in [5.74, 6) is 1.93. The first kappa shape index (κ1) is 18.5. The molecule has 27 heavy (non-hydrogen) atoms. The Balaban J connectivity index is 1.56. The number of rotatable bonds is 3. The number of aryl methyl sites for hydroxylation is 1. The molecule has 1 aromatic carbocycles. The minimum absolute atomic E-state index is 0.00612. The number of phenols is 1. The molecule has 2 fully saturated rings. The lowest BCUT2D eigenvalue weighted by Crippen LogP contribution is -2.42. The van der Waals surface area contributed by atoms with E-state index >= 15 is 0 Å². The summed E-state index contributed by atoms with van der Waals surface area (Å²) in [5, 5.41) is 12.8. The van der Waals surface area contributed by atoms with E-state index in [1.807, 2.05) is 19.9 Å². The van der Waals surface area contributed by atoms with E-state index < -0.39 is 0 Å². The molecule has 0 spiro atoms. The number of hydrogen-bond acceptors (Lipinski definition) is 3. The van der Waals surface area contributed by atoms with Gasteiger partial charge in [-0.3, -0.25) is 9.59 Å². The van der Waals surface area contributed by atoms with Crippen LogP contribution in [0, 0.1) is 23.2 Å². The Bertz CT molecular complexity index is 771. The predicted octanol–water partition coefficient (Wildman–Crippen LogP) is 3.96. The third-order valence-corrected chi connectivity index (χ3v) is 7.45. The van der Waals surface area contributed by atoms with Gasteiger partial charge in [0.25, 0.3) is 0 Å². The van der Waals surface area contributed by atoms with Gasteiger partial charge in [-0.15, -0.1) is 0 Å². The molecule has 5 atom stereocenters. The summed E-state index contributed by atoms with van der Waals surface area (Å²) < 4.78 is 0.